The molecule has 2 aromatic rings. The van der Waals surface area contributed by atoms with Crippen LogP contribution >= 0.6 is 0 Å². The Balaban J connectivity index is 1.77. The highest BCUT2D eigenvalue weighted by Gasteiger charge is 2.31. The standard InChI is InChI=1S/C16H21N5O3S/c1-12-15(13(2)19-18-12)25(23,24)21-9-3-8-20(10-11-21)16(22)14-4-6-17-7-5-14/h4-7H,3,8-11H2,1-2H3,(H,18,19). The van der Waals surface area contributed by atoms with Gasteiger partial charge in [-0.3, -0.25) is 14.9 Å². The first-order valence-electron chi connectivity index (χ1n) is 8.12. The molecule has 3 rings (SSSR count). The van der Waals surface area contributed by atoms with Crippen LogP contribution in [0.4, 0.5) is 0 Å². The normalized spacial score (nSPS) is 16.6. The van der Waals surface area contributed by atoms with Gasteiger partial charge in [-0.1, -0.05) is 0 Å². The molecule has 0 saturated carbocycles. The van der Waals surface area contributed by atoms with Gasteiger partial charge in [0.2, 0.25) is 10.0 Å². The molecule has 2 aromatic heterocycles. The number of rotatable bonds is 3. The van der Waals surface area contributed by atoms with Crippen molar-refractivity contribution in [1.29, 1.82) is 0 Å². The molecule has 0 radical (unpaired) electrons. The number of aromatic amines is 1. The van der Waals surface area contributed by atoms with Crippen LogP contribution < -0.4 is 0 Å². The first kappa shape index (κ1) is 17.6. The van der Waals surface area contributed by atoms with E-state index < -0.39 is 10.0 Å². The van der Waals surface area contributed by atoms with E-state index in [1.54, 1.807) is 43.3 Å². The molecule has 1 amide bonds. The maximum absolute atomic E-state index is 12.9. The minimum Gasteiger partial charge on any atom is -0.337 e. The summed E-state index contributed by atoms with van der Waals surface area (Å²) >= 11 is 0. The zero-order valence-electron chi connectivity index (χ0n) is 14.3. The molecule has 0 aliphatic carbocycles. The van der Waals surface area contributed by atoms with E-state index in [0.717, 1.165) is 0 Å². The van der Waals surface area contributed by atoms with Crippen LogP contribution in [0.5, 0.6) is 0 Å². The Hall–Kier alpha value is -2.26. The predicted octanol–water partition coefficient (Wildman–Crippen LogP) is 0.958. The van der Waals surface area contributed by atoms with E-state index in [4.69, 9.17) is 0 Å². The molecule has 25 heavy (non-hydrogen) atoms. The van der Waals surface area contributed by atoms with E-state index in [9.17, 15) is 13.2 Å². The van der Waals surface area contributed by atoms with Gasteiger partial charge in [-0.05, 0) is 32.4 Å². The van der Waals surface area contributed by atoms with Gasteiger partial charge in [0.15, 0.2) is 0 Å². The summed E-state index contributed by atoms with van der Waals surface area (Å²) in [5.41, 5.74) is 1.56. The van der Waals surface area contributed by atoms with Gasteiger partial charge in [-0.15, -0.1) is 0 Å². The Labute approximate surface area is 146 Å². The number of sulfonamides is 1. The molecule has 0 spiro atoms. The smallest absolute Gasteiger partial charge is 0.254 e. The Morgan fingerprint density at radius 2 is 1.84 bits per heavy atom. The first-order valence-corrected chi connectivity index (χ1v) is 9.56. The van der Waals surface area contributed by atoms with Crippen molar-refractivity contribution in [1.82, 2.24) is 24.4 Å². The van der Waals surface area contributed by atoms with Crippen LogP contribution in [-0.2, 0) is 10.0 Å². The number of amides is 1. The number of aryl methyl sites for hydroxylation is 2. The minimum absolute atomic E-state index is 0.0997. The monoisotopic (exact) mass is 363 g/mol. The second-order valence-electron chi connectivity index (χ2n) is 6.05. The van der Waals surface area contributed by atoms with Crippen LogP contribution in [0.2, 0.25) is 0 Å². The number of H-pyrrole nitrogens is 1. The number of aromatic nitrogens is 3. The van der Waals surface area contributed by atoms with Crippen molar-refractivity contribution in [3.8, 4) is 0 Å². The van der Waals surface area contributed by atoms with Crippen molar-refractivity contribution >= 4 is 15.9 Å². The Kier molecular flexibility index (Phi) is 4.87. The number of hydrogen-bond acceptors (Lipinski definition) is 5. The van der Waals surface area contributed by atoms with E-state index >= 15 is 0 Å². The van der Waals surface area contributed by atoms with Gasteiger partial charge in [-0.2, -0.15) is 9.40 Å². The topological polar surface area (TPSA) is 99.3 Å². The fraction of sp³-hybridized carbons (Fsp3) is 0.438. The fourth-order valence-electron chi connectivity index (χ4n) is 3.06. The van der Waals surface area contributed by atoms with Crippen molar-refractivity contribution in [3.05, 3.63) is 41.5 Å². The molecule has 0 atom stereocenters. The van der Waals surface area contributed by atoms with Gasteiger partial charge in [0, 0.05) is 44.1 Å². The van der Waals surface area contributed by atoms with Crippen molar-refractivity contribution in [2.24, 2.45) is 0 Å². The van der Waals surface area contributed by atoms with Crippen LogP contribution in [0.25, 0.3) is 0 Å². The molecule has 0 bridgehead atoms. The van der Waals surface area contributed by atoms with E-state index in [0.29, 0.717) is 43.0 Å². The van der Waals surface area contributed by atoms with Gasteiger partial charge >= 0.3 is 0 Å². The van der Waals surface area contributed by atoms with Gasteiger partial charge in [0.25, 0.3) is 5.91 Å². The molecule has 9 heteroatoms. The van der Waals surface area contributed by atoms with E-state index in [1.165, 1.54) is 4.31 Å². The molecule has 1 aliphatic heterocycles. The Bertz CT molecular complexity index is 844. The highest BCUT2D eigenvalue weighted by Crippen LogP contribution is 2.23. The number of nitrogens with one attached hydrogen (secondary N) is 1. The van der Waals surface area contributed by atoms with Crippen LogP contribution in [0.1, 0.15) is 28.2 Å². The Morgan fingerprint density at radius 3 is 2.48 bits per heavy atom. The van der Waals surface area contributed by atoms with Gasteiger partial charge in [0.1, 0.15) is 4.90 Å². The zero-order chi connectivity index (χ0) is 18.0. The summed E-state index contributed by atoms with van der Waals surface area (Å²) in [5, 5.41) is 6.70. The van der Waals surface area contributed by atoms with E-state index in [1.807, 2.05) is 0 Å². The van der Waals surface area contributed by atoms with Crippen molar-refractivity contribution in [3.63, 3.8) is 0 Å². The molecule has 1 saturated heterocycles. The molecule has 1 aliphatic rings. The van der Waals surface area contributed by atoms with Crippen molar-refractivity contribution in [2.75, 3.05) is 26.2 Å². The molecule has 134 valence electrons. The summed E-state index contributed by atoms with van der Waals surface area (Å²) in [6.45, 7) is 4.90. The number of pyridine rings is 1. The lowest BCUT2D eigenvalue weighted by Crippen LogP contribution is -2.37. The maximum Gasteiger partial charge on any atom is 0.254 e. The average molecular weight is 363 g/mol. The second-order valence-corrected chi connectivity index (χ2v) is 7.92. The van der Waals surface area contributed by atoms with Crippen molar-refractivity contribution in [2.45, 2.75) is 25.2 Å². The fourth-order valence-corrected chi connectivity index (χ4v) is 4.87. The highest BCUT2D eigenvalue weighted by atomic mass is 32.2. The third kappa shape index (κ3) is 3.42. The summed E-state index contributed by atoms with van der Waals surface area (Å²) in [5.74, 6) is -0.0997. The SMILES string of the molecule is Cc1n[nH]c(C)c1S(=O)(=O)N1CCCN(C(=O)c2ccncc2)CC1. The van der Waals surface area contributed by atoms with E-state index in [-0.39, 0.29) is 17.3 Å². The van der Waals surface area contributed by atoms with Crippen LogP contribution in [-0.4, -0.2) is 64.9 Å². The first-order chi connectivity index (χ1) is 11.9. The van der Waals surface area contributed by atoms with E-state index in [2.05, 4.69) is 15.2 Å². The zero-order valence-corrected chi connectivity index (χ0v) is 15.1. The molecule has 0 unspecified atom stereocenters. The van der Waals surface area contributed by atoms with Crippen LogP contribution in [0, 0.1) is 13.8 Å². The molecule has 8 nitrogen and oxygen atoms in total. The number of nitrogens with zero attached hydrogens (tertiary/aromatic N) is 4. The quantitative estimate of drug-likeness (QED) is 0.876. The summed E-state index contributed by atoms with van der Waals surface area (Å²) in [7, 11) is -3.63. The average Bonchev–Trinajstić information content (AvgIpc) is 2.81. The molecular formula is C16H21N5O3S. The lowest BCUT2D eigenvalue weighted by Gasteiger charge is -2.22. The van der Waals surface area contributed by atoms with Crippen molar-refractivity contribution < 1.29 is 13.2 Å². The number of carbonyl (C=O) groups is 1. The maximum atomic E-state index is 12.9. The molecule has 1 fully saturated rings. The summed E-state index contributed by atoms with van der Waals surface area (Å²) < 4.78 is 27.3. The molecular weight excluding hydrogens is 342 g/mol. The molecule has 1 N–H and O–H groups in total. The predicted molar refractivity (Wildman–Crippen MR) is 91.6 cm³/mol. The van der Waals surface area contributed by atoms with Gasteiger partial charge in [-0.25, -0.2) is 8.42 Å². The number of carbonyl (C=O) groups excluding carboxylic acids is 1. The van der Waals surface area contributed by atoms with Gasteiger partial charge < -0.3 is 4.90 Å². The van der Waals surface area contributed by atoms with Crippen LogP contribution in [0.3, 0.4) is 0 Å². The summed E-state index contributed by atoms with van der Waals surface area (Å²) in [6.07, 6.45) is 3.74. The third-order valence-electron chi connectivity index (χ3n) is 4.33. The second kappa shape index (κ2) is 6.93. The lowest BCUT2D eigenvalue weighted by atomic mass is 10.2. The lowest BCUT2D eigenvalue weighted by molar-refractivity contribution is 0.0764. The number of hydrogen-bond donors (Lipinski definition) is 1. The van der Waals surface area contributed by atoms with Crippen LogP contribution in [0.15, 0.2) is 29.4 Å². The summed E-state index contributed by atoms with van der Waals surface area (Å²) in [6, 6.07) is 3.33. The van der Waals surface area contributed by atoms with Gasteiger partial charge in [0.05, 0.1) is 11.4 Å². The molecule has 0 aromatic carbocycles. The third-order valence-corrected chi connectivity index (χ3v) is 6.49. The highest BCUT2D eigenvalue weighted by molar-refractivity contribution is 7.89. The Morgan fingerprint density at radius 1 is 1.12 bits per heavy atom. The largest absolute Gasteiger partial charge is 0.337 e. The minimum atomic E-state index is -3.63. The summed E-state index contributed by atoms with van der Waals surface area (Å²) in [4.78, 5) is 18.4. The molecule has 3 heterocycles.